The number of nitrogens with zero attached hydrogens (tertiary/aromatic N) is 5. The fourth-order valence-electron chi connectivity index (χ4n) is 2.23. The third kappa shape index (κ3) is 4.38. The van der Waals surface area contributed by atoms with Crippen molar-refractivity contribution in [1.82, 2.24) is 25.2 Å². The number of carbonyl (C=O) groups is 1. The van der Waals surface area contributed by atoms with Gasteiger partial charge in [-0.15, -0.1) is 10.2 Å². The zero-order valence-corrected chi connectivity index (χ0v) is 16.5. The molecule has 10 nitrogen and oxygen atoms in total. The Balaban J connectivity index is 2.01. The van der Waals surface area contributed by atoms with E-state index >= 15 is 0 Å². The van der Waals surface area contributed by atoms with Gasteiger partial charge in [-0.1, -0.05) is 23.2 Å². The maximum atomic E-state index is 12.7. The molecule has 0 bridgehead atoms. The molecule has 0 saturated heterocycles. The first-order valence-electron chi connectivity index (χ1n) is 7.58. The first-order chi connectivity index (χ1) is 13.2. The standard InChI is InChI=1S/C15H12Cl2N6O4S/c1-23-20-14(19-22-23)6-12-13(4-8(7-18-12)15(24)25)21-28(26,27)9-2-3-10(16)11(17)5-9/h2-5,7,21H,6H2,1H3,(H,24,25). The summed E-state index contributed by atoms with van der Waals surface area (Å²) in [5.41, 5.74) is 0.00255. The van der Waals surface area contributed by atoms with Gasteiger partial charge in [0.25, 0.3) is 10.0 Å². The van der Waals surface area contributed by atoms with Gasteiger partial charge in [0.05, 0.1) is 45.4 Å². The topological polar surface area (TPSA) is 140 Å². The summed E-state index contributed by atoms with van der Waals surface area (Å²) in [6, 6.07) is 4.96. The molecular formula is C15H12Cl2N6O4S. The van der Waals surface area contributed by atoms with Crippen molar-refractivity contribution >= 4 is 44.9 Å². The van der Waals surface area contributed by atoms with Gasteiger partial charge in [-0.3, -0.25) is 9.71 Å². The summed E-state index contributed by atoms with van der Waals surface area (Å²) in [7, 11) is -2.52. The van der Waals surface area contributed by atoms with Crippen LogP contribution in [-0.4, -0.2) is 44.7 Å². The minimum absolute atomic E-state index is 0.0292. The van der Waals surface area contributed by atoms with E-state index in [1.54, 1.807) is 7.05 Å². The second-order valence-electron chi connectivity index (χ2n) is 5.58. The Morgan fingerprint density at radius 2 is 2.00 bits per heavy atom. The number of aromatic carboxylic acids is 1. The number of rotatable bonds is 6. The first-order valence-corrected chi connectivity index (χ1v) is 9.82. The number of halogens is 2. The van der Waals surface area contributed by atoms with Crippen LogP contribution in [0.3, 0.4) is 0 Å². The van der Waals surface area contributed by atoms with E-state index in [0.29, 0.717) is 0 Å². The quantitative estimate of drug-likeness (QED) is 0.590. The second kappa shape index (κ2) is 7.70. The monoisotopic (exact) mass is 442 g/mol. The van der Waals surface area contributed by atoms with Crippen LogP contribution < -0.4 is 4.72 Å². The maximum absolute atomic E-state index is 12.7. The molecule has 0 saturated carbocycles. The molecule has 13 heteroatoms. The fourth-order valence-corrected chi connectivity index (χ4v) is 3.70. The van der Waals surface area contributed by atoms with Crippen molar-refractivity contribution in [3.63, 3.8) is 0 Å². The molecule has 0 aliphatic carbocycles. The Bertz CT molecular complexity index is 1170. The van der Waals surface area contributed by atoms with Crippen LogP contribution in [0, 0.1) is 0 Å². The molecule has 146 valence electrons. The summed E-state index contributed by atoms with van der Waals surface area (Å²) in [6.45, 7) is 0. The number of tetrazole rings is 1. The SMILES string of the molecule is Cn1nnc(Cc2ncc(C(=O)O)cc2NS(=O)(=O)c2ccc(Cl)c(Cl)c2)n1. The van der Waals surface area contributed by atoms with Crippen molar-refractivity contribution in [3.05, 3.63) is 57.6 Å². The number of sulfonamides is 1. The lowest BCUT2D eigenvalue weighted by atomic mass is 10.2. The van der Waals surface area contributed by atoms with Gasteiger partial charge < -0.3 is 5.11 Å². The molecule has 2 aromatic heterocycles. The van der Waals surface area contributed by atoms with Crippen LogP contribution in [0.25, 0.3) is 0 Å². The highest BCUT2D eigenvalue weighted by molar-refractivity contribution is 7.92. The number of aromatic nitrogens is 5. The molecule has 0 atom stereocenters. The van der Waals surface area contributed by atoms with E-state index in [0.717, 1.165) is 12.3 Å². The molecule has 2 heterocycles. The van der Waals surface area contributed by atoms with Crippen molar-refractivity contribution in [1.29, 1.82) is 0 Å². The number of aryl methyl sites for hydroxylation is 1. The number of nitrogens with one attached hydrogen (secondary N) is 1. The van der Waals surface area contributed by atoms with E-state index in [-0.39, 0.29) is 44.1 Å². The van der Waals surface area contributed by atoms with Crippen LogP contribution in [0.2, 0.25) is 10.0 Å². The number of pyridine rings is 1. The lowest BCUT2D eigenvalue weighted by molar-refractivity contribution is 0.0696. The number of carboxylic acid groups (broad SMARTS) is 1. The molecular weight excluding hydrogens is 431 g/mol. The van der Waals surface area contributed by atoms with Crippen LogP contribution in [-0.2, 0) is 23.5 Å². The molecule has 0 spiro atoms. The first kappa shape index (κ1) is 20.0. The van der Waals surface area contributed by atoms with E-state index in [4.69, 9.17) is 23.2 Å². The molecule has 3 rings (SSSR count). The van der Waals surface area contributed by atoms with Gasteiger partial charge in [0.1, 0.15) is 0 Å². The lowest BCUT2D eigenvalue weighted by Gasteiger charge is -2.12. The minimum Gasteiger partial charge on any atom is -0.478 e. The molecule has 0 unspecified atom stereocenters. The predicted molar refractivity (Wildman–Crippen MR) is 100 cm³/mol. The van der Waals surface area contributed by atoms with Crippen LogP contribution in [0.5, 0.6) is 0 Å². The summed E-state index contributed by atoms with van der Waals surface area (Å²) in [4.78, 5) is 16.4. The third-order valence-electron chi connectivity index (χ3n) is 3.54. The number of anilines is 1. The van der Waals surface area contributed by atoms with Crippen LogP contribution in [0.15, 0.2) is 35.4 Å². The summed E-state index contributed by atoms with van der Waals surface area (Å²) in [5.74, 6) is -0.972. The Kier molecular flexibility index (Phi) is 5.49. The lowest BCUT2D eigenvalue weighted by Crippen LogP contribution is -2.16. The molecule has 0 fully saturated rings. The average Bonchev–Trinajstić information content (AvgIpc) is 3.03. The molecule has 2 N–H and O–H groups in total. The van der Waals surface area contributed by atoms with Gasteiger partial charge >= 0.3 is 5.97 Å². The fraction of sp³-hybridized carbons (Fsp3) is 0.133. The highest BCUT2D eigenvalue weighted by Gasteiger charge is 2.20. The van der Waals surface area contributed by atoms with Crippen LogP contribution >= 0.6 is 23.2 Å². The van der Waals surface area contributed by atoms with E-state index < -0.39 is 16.0 Å². The highest BCUT2D eigenvalue weighted by Crippen LogP contribution is 2.27. The Labute approximate surface area is 169 Å². The third-order valence-corrected chi connectivity index (χ3v) is 5.64. The zero-order valence-electron chi connectivity index (χ0n) is 14.2. The highest BCUT2D eigenvalue weighted by atomic mass is 35.5. The Morgan fingerprint density at radius 3 is 2.61 bits per heavy atom. The van der Waals surface area contributed by atoms with Gasteiger partial charge in [-0.05, 0) is 29.5 Å². The average molecular weight is 443 g/mol. The van der Waals surface area contributed by atoms with Crippen molar-refractivity contribution < 1.29 is 18.3 Å². The largest absolute Gasteiger partial charge is 0.478 e. The van der Waals surface area contributed by atoms with Gasteiger partial charge in [0.2, 0.25) is 0 Å². The summed E-state index contributed by atoms with van der Waals surface area (Å²) >= 11 is 11.7. The number of hydrogen-bond acceptors (Lipinski definition) is 7. The zero-order chi connectivity index (χ0) is 20.5. The number of carboxylic acids is 1. The van der Waals surface area contributed by atoms with Crippen molar-refractivity contribution in [3.8, 4) is 0 Å². The molecule has 0 radical (unpaired) electrons. The van der Waals surface area contributed by atoms with Crippen LogP contribution in [0.1, 0.15) is 21.9 Å². The van der Waals surface area contributed by atoms with Gasteiger partial charge in [-0.2, -0.15) is 4.80 Å². The summed E-state index contributed by atoms with van der Waals surface area (Å²) in [6.07, 6.45) is 1.15. The van der Waals surface area contributed by atoms with Gasteiger partial charge in [0.15, 0.2) is 5.82 Å². The van der Waals surface area contributed by atoms with E-state index in [2.05, 4.69) is 25.1 Å². The molecule has 0 aliphatic rings. The molecule has 3 aromatic rings. The Morgan fingerprint density at radius 1 is 1.25 bits per heavy atom. The van der Waals surface area contributed by atoms with Crippen LogP contribution in [0.4, 0.5) is 5.69 Å². The molecule has 28 heavy (non-hydrogen) atoms. The van der Waals surface area contributed by atoms with E-state index in [1.165, 1.54) is 23.0 Å². The molecule has 0 amide bonds. The number of benzene rings is 1. The van der Waals surface area contributed by atoms with Gasteiger partial charge in [-0.25, -0.2) is 13.2 Å². The second-order valence-corrected chi connectivity index (χ2v) is 8.07. The smallest absolute Gasteiger partial charge is 0.337 e. The van der Waals surface area contributed by atoms with Gasteiger partial charge in [0, 0.05) is 6.20 Å². The summed E-state index contributed by atoms with van der Waals surface area (Å²) < 4.78 is 27.8. The predicted octanol–water partition coefficient (Wildman–Crippen LogP) is 2.00. The van der Waals surface area contributed by atoms with E-state index in [1.807, 2.05) is 0 Å². The van der Waals surface area contributed by atoms with Crippen molar-refractivity contribution in [2.24, 2.45) is 7.05 Å². The number of hydrogen-bond donors (Lipinski definition) is 2. The van der Waals surface area contributed by atoms with Crippen molar-refractivity contribution in [2.75, 3.05) is 4.72 Å². The van der Waals surface area contributed by atoms with E-state index in [9.17, 15) is 18.3 Å². The molecule has 0 aliphatic heterocycles. The molecule has 1 aromatic carbocycles. The normalized spacial score (nSPS) is 11.4. The summed E-state index contributed by atoms with van der Waals surface area (Å²) in [5, 5.41) is 21.0. The maximum Gasteiger partial charge on any atom is 0.337 e. The Hall–Kier alpha value is -2.76. The van der Waals surface area contributed by atoms with Crippen molar-refractivity contribution in [2.45, 2.75) is 11.3 Å². The minimum atomic E-state index is -4.09.